The summed E-state index contributed by atoms with van der Waals surface area (Å²) in [6, 6.07) is 15.4. The Balaban J connectivity index is 1.57. The van der Waals surface area contributed by atoms with Gasteiger partial charge in [0.15, 0.2) is 0 Å². The normalized spacial score (nSPS) is 16.2. The van der Waals surface area contributed by atoms with Crippen LogP contribution in [-0.4, -0.2) is 42.8 Å². The molecule has 3 rings (SSSR count). The molecule has 0 aromatic heterocycles. The van der Waals surface area contributed by atoms with Gasteiger partial charge in [-0.15, -0.1) is 0 Å². The van der Waals surface area contributed by atoms with Gasteiger partial charge in [-0.3, -0.25) is 0 Å². The number of benzene rings is 2. The van der Waals surface area contributed by atoms with Crippen LogP contribution in [0.4, 0.5) is 4.79 Å². The number of aliphatic hydroxyl groups is 1. The van der Waals surface area contributed by atoms with E-state index < -0.39 is 0 Å². The number of carbonyl (C=O) groups is 1. The van der Waals surface area contributed by atoms with Gasteiger partial charge in [0, 0.05) is 13.1 Å². The van der Waals surface area contributed by atoms with Crippen LogP contribution >= 0.6 is 0 Å². The number of urea groups is 1. The Morgan fingerprint density at radius 1 is 1.24 bits per heavy atom. The van der Waals surface area contributed by atoms with Crippen LogP contribution in [0.1, 0.15) is 22.7 Å². The van der Waals surface area contributed by atoms with E-state index >= 15 is 0 Å². The van der Waals surface area contributed by atoms with Crippen LogP contribution in [0.25, 0.3) is 0 Å². The highest BCUT2D eigenvalue weighted by Crippen LogP contribution is 2.29. The summed E-state index contributed by atoms with van der Waals surface area (Å²) in [6.45, 7) is 1.11. The molecule has 1 heterocycles. The van der Waals surface area contributed by atoms with Crippen molar-refractivity contribution in [1.29, 1.82) is 0 Å². The molecule has 5 nitrogen and oxygen atoms in total. The standard InChI is InChI=1S/C20H24N2O3/c1-25-17-8-6-15(7-9-17)10-12-21-20(24)22-13-11-16-4-2-3-5-18(16)19(22)14-23/h2-9,19,23H,10-14H2,1H3,(H,21,24). The third-order valence-corrected chi connectivity index (χ3v) is 4.70. The second-order valence-corrected chi connectivity index (χ2v) is 6.17. The molecule has 0 saturated carbocycles. The van der Waals surface area contributed by atoms with Crippen molar-refractivity contribution in [2.45, 2.75) is 18.9 Å². The van der Waals surface area contributed by atoms with Gasteiger partial charge in [0.1, 0.15) is 5.75 Å². The fourth-order valence-electron chi connectivity index (χ4n) is 3.30. The number of ether oxygens (including phenoxy) is 1. The summed E-state index contributed by atoms with van der Waals surface area (Å²) in [5.41, 5.74) is 3.40. The number of amides is 2. The quantitative estimate of drug-likeness (QED) is 0.879. The summed E-state index contributed by atoms with van der Waals surface area (Å²) in [6.07, 6.45) is 1.57. The van der Waals surface area contributed by atoms with Crippen molar-refractivity contribution in [3.8, 4) is 5.75 Å². The molecule has 2 N–H and O–H groups in total. The monoisotopic (exact) mass is 340 g/mol. The Kier molecular flexibility index (Phi) is 5.56. The van der Waals surface area contributed by atoms with E-state index in [1.54, 1.807) is 12.0 Å². The molecule has 1 aliphatic rings. The lowest BCUT2D eigenvalue weighted by atomic mass is 9.93. The predicted molar refractivity (Wildman–Crippen MR) is 96.8 cm³/mol. The van der Waals surface area contributed by atoms with Crippen molar-refractivity contribution in [2.24, 2.45) is 0 Å². The number of rotatable bonds is 5. The first-order chi connectivity index (χ1) is 12.2. The van der Waals surface area contributed by atoms with Gasteiger partial charge in [-0.25, -0.2) is 4.79 Å². The molecule has 2 aromatic rings. The van der Waals surface area contributed by atoms with Crippen LogP contribution in [0.5, 0.6) is 5.75 Å². The summed E-state index contributed by atoms with van der Waals surface area (Å²) in [5, 5.41) is 12.7. The zero-order valence-corrected chi connectivity index (χ0v) is 14.4. The van der Waals surface area contributed by atoms with Gasteiger partial charge in [0.2, 0.25) is 0 Å². The number of hydrogen-bond donors (Lipinski definition) is 2. The smallest absolute Gasteiger partial charge is 0.318 e. The maximum Gasteiger partial charge on any atom is 0.318 e. The maximum atomic E-state index is 12.6. The minimum atomic E-state index is -0.272. The zero-order valence-electron chi connectivity index (χ0n) is 14.4. The van der Waals surface area contributed by atoms with Crippen molar-refractivity contribution in [3.63, 3.8) is 0 Å². The Labute approximate surface area is 148 Å². The fraction of sp³-hybridized carbons (Fsp3) is 0.350. The van der Waals surface area contributed by atoms with Crippen molar-refractivity contribution < 1.29 is 14.6 Å². The van der Waals surface area contributed by atoms with E-state index in [4.69, 9.17) is 4.74 Å². The number of carbonyl (C=O) groups excluding carboxylic acids is 1. The van der Waals surface area contributed by atoms with E-state index in [9.17, 15) is 9.90 Å². The lowest BCUT2D eigenvalue weighted by Crippen LogP contribution is -2.47. The molecular weight excluding hydrogens is 316 g/mol. The summed E-state index contributed by atoms with van der Waals surface area (Å²) < 4.78 is 5.14. The van der Waals surface area contributed by atoms with Crippen LogP contribution in [0.3, 0.4) is 0 Å². The molecule has 0 aliphatic carbocycles. The topological polar surface area (TPSA) is 61.8 Å². The highest BCUT2D eigenvalue weighted by Gasteiger charge is 2.29. The molecule has 2 amide bonds. The number of fused-ring (bicyclic) bond motifs is 1. The van der Waals surface area contributed by atoms with Crippen molar-refractivity contribution in [3.05, 3.63) is 65.2 Å². The first-order valence-electron chi connectivity index (χ1n) is 8.59. The van der Waals surface area contributed by atoms with E-state index in [-0.39, 0.29) is 18.7 Å². The molecule has 5 heteroatoms. The van der Waals surface area contributed by atoms with Crippen LogP contribution in [-0.2, 0) is 12.8 Å². The van der Waals surface area contributed by atoms with Gasteiger partial charge in [-0.05, 0) is 41.7 Å². The number of aliphatic hydroxyl groups excluding tert-OH is 1. The maximum absolute atomic E-state index is 12.6. The van der Waals surface area contributed by atoms with Gasteiger partial charge >= 0.3 is 6.03 Å². The second-order valence-electron chi connectivity index (χ2n) is 6.17. The van der Waals surface area contributed by atoms with Gasteiger partial charge in [0.05, 0.1) is 19.8 Å². The van der Waals surface area contributed by atoms with Crippen molar-refractivity contribution in [1.82, 2.24) is 10.2 Å². The number of hydrogen-bond acceptors (Lipinski definition) is 3. The van der Waals surface area contributed by atoms with E-state index in [1.807, 2.05) is 42.5 Å². The van der Waals surface area contributed by atoms with Gasteiger partial charge in [0.25, 0.3) is 0 Å². The average molecular weight is 340 g/mol. The molecule has 0 bridgehead atoms. The molecule has 0 spiro atoms. The third-order valence-electron chi connectivity index (χ3n) is 4.70. The van der Waals surface area contributed by atoms with Crippen LogP contribution in [0, 0.1) is 0 Å². The molecule has 25 heavy (non-hydrogen) atoms. The fourth-order valence-corrected chi connectivity index (χ4v) is 3.30. The molecule has 0 radical (unpaired) electrons. The van der Waals surface area contributed by atoms with Crippen LogP contribution in [0.2, 0.25) is 0 Å². The molecule has 132 valence electrons. The zero-order chi connectivity index (χ0) is 17.6. The largest absolute Gasteiger partial charge is 0.497 e. The minimum Gasteiger partial charge on any atom is -0.497 e. The molecule has 1 atom stereocenters. The number of nitrogens with zero attached hydrogens (tertiary/aromatic N) is 1. The van der Waals surface area contributed by atoms with Crippen LogP contribution in [0.15, 0.2) is 48.5 Å². The van der Waals surface area contributed by atoms with Gasteiger partial charge in [-0.2, -0.15) is 0 Å². The van der Waals surface area contributed by atoms with E-state index in [1.165, 1.54) is 5.56 Å². The summed E-state index contributed by atoms with van der Waals surface area (Å²) >= 11 is 0. The number of nitrogens with one attached hydrogen (secondary N) is 1. The molecule has 2 aromatic carbocycles. The van der Waals surface area contributed by atoms with Crippen molar-refractivity contribution >= 4 is 6.03 Å². The van der Waals surface area contributed by atoms with E-state index in [0.717, 1.165) is 29.7 Å². The predicted octanol–water partition coefficient (Wildman–Crippen LogP) is 2.54. The Hall–Kier alpha value is -2.53. The molecule has 1 unspecified atom stereocenters. The van der Waals surface area contributed by atoms with Gasteiger partial charge in [-0.1, -0.05) is 36.4 Å². The Morgan fingerprint density at radius 2 is 2.00 bits per heavy atom. The highest BCUT2D eigenvalue weighted by atomic mass is 16.5. The van der Waals surface area contributed by atoms with E-state index in [0.29, 0.717) is 13.1 Å². The lowest BCUT2D eigenvalue weighted by molar-refractivity contribution is 0.127. The summed E-state index contributed by atoms with van der Waals surface area (Å²) in [5.74, 6) is 0.825. The summed E-state index contributed by atoms with van der Waals surface area (Å²) in [7, 11) is 1.64. The van der Waals surface area contributed by atoms with Crippen molar-refractivity contribution in [2.75, 3.05) is 26.8 Å². The first-order valence-corrected chi connectivity index (χ1v) is 8.59. The van der Waals surface area contributed by atoms with Gasteiger partial charge < -0.3 is 20.1 Å². The molecule has 0 saturated heterocycles. The van der Waals surface area contributed by atoms with Crippen LogP contribution < -0.4 is 10.1 Å². The first kappa shape index (κ1) is 17.3. The molecular formula is C20H24N2O3. The molecule has 1 aliphatic heterocycles. The second kappa shape index (κ2) is 8.03. The minimum absolute atomic E-state index is 0.0666. The number of methoxy groups -OCH3 is 1. The average Bonchev–Trinajstić information content (AvgIpc) is 2.67. The van der Waals surface area contributed by atoms with E-state index in [2.05, 4.69) is 11.4 Å². The summed E-state index contributed by atoms with van der Waals surface area (Å²) in [4.78, 5) is 14.3. The Bertz CT molecular complexity index is 715. The SMILES string of the molecule is COc1ccc(CCNC(=O)N2CCc3ccccc3C2CO)cc1. The lowest BCUT2D eigenvalue weighted by Gasteiger charge is -2.36. The highest BCUT2D eigenvalue weighted by molar-refractivity contribution is 5.75. The Morgan fingerprint density at radius 3 is 2.72 bits per heavy atom. The molecule has 0 fully saturated rings. The third kappa shape index (κ3) is 3.94.